The summed E-state index contributed by atoms with van der Waals surface area (Å²) in [7, 11) is -5.07. The molecule has 1 N–H and O–H groups in total. The Morgan fingerprint density at radius 1 is 0.893 bits per heavy atom. The van der Waals surface area contributed by atoms with Gasteiger partial charge in [-0.25, -0.2) is 13.2 Å². The Morgan fingerprint density at radius 3 is 1.96 bits per heavy atom. The van der Waals surface area contributed by atoms with Crippen LogP contribution in [-0.4, -0.2) is 30.0 Å². The first-order chi connectivity index (χ1) is 13.3. The number of hydrogen-bond acceptors (Lipinski definition) is 5. The normalized spacial score (nSPS) is 12.3. The molecular formula is C20H16O6S2. The fourth-order valence-corrected chi connectivity index (χ4v) is 4.50. The molecule has 0 radical (unpaired) electrons. The van der Waals surface area contributed by atoms with Crippen LogP contribution in [-0.2, 0) is 20.6 Å². The summed E-state index contributed by atoms with van der Waals surface area (Å²) in [5.74, 6) is -0.382. The molecule has 0 saturated heterocycles. The highest BCUT2D eigenvalue weighted by atomic mass is 32.2. The van der Waals surface area contributed by atoms with Crippen molar-refractivity contribution in [3.63, 3.8) is 0 Å². The second-order valence-electron chi connectivity index (χ2n) is 5.80. The number of carboxylic acid groups (broad SMARTS) is 1. The maximum Gasteiger partial charge on any atom is 0.337 e. The molecule has 0 heterocycles. The van der Waals surface area contributed by atoms with Crippen LogP contribution in [0.2, 0.25) is 0 Å². The van der Waals surface area contributed by atoms with Crippen molar-refractivity contribution in [2.24, 2.45) is 0 Å². The zero-order valence-corrected chi connectivity index (χ0v) is 16.4. The van der Waals surface area contributed by atoms with Gasteiger partial charge in [-0.05, 0) is 60.7 Å². The molecule has 6 nitrogen and oxygen atoms in total. The minimum atomic E-state index is -3.99. The van der Waals surface area contributed by atoms with Gasteiger partial charge in [0.05, 0.1) is 15.4 Å². The number of benzene rings is 3. The largest absolute Gasteiger partial charge is 0.478 e. The van der Waals surface area contributed by atoms with Gasteiger partial charge in [-0.15, -0.1) is 0 Å². The van der Waals surface area contributed by atoms with Gasteiger partial charge in [0.25, 0.3) is 0 Å². The molecular weight excluding hydrogens is 400 g/mol. The van der Waals surface area contributed by atoms with E-state index in [4.69, 9.17) is 4.74 Å². The molecule has 0 aliphatic carbocycles. The molecule has 1 unspecified atom stereocenters. The molecule has 0 aliphatic heterocycles. The second kappa shape index (κ2) is 7.95. The van der Waals surface area contributed by atoms with Crippen molar-refractivity contribution in [2.75, 3.05) is 6.26 Å². The summed E-state index contributed by atoms with van der Waals surface area (Å²) in [6.07, 6.45) is 1.58. The van der Waals surface area contributed by atoms with Crippen LogP contribution in [0, 0.1) is 0 Å². The summed E-state index contributed by atoms with van der Waals surface area (Å²) in [6.45, 7) is 0. The van der Waals surface area contributed by atoms with Gasteiger partial charge in [-0.2, -0.15) is 0 Å². The molecule has 144 valence electrons. The van der Waals surface area contributed by atoms with Crippen molar-refractivity contribution in [3.8, 4) is 11.5 Å². The van der Waals surface area contributed by atoms with E-state index in [9.17, 15) is 22.5 Å². The molecule has 3 aromatic carbocycles. The monoisotopic (exact) mass is 416 g/mol. The third-order valence-electron chi connectivity index (χ3n) is 3.93. The smallest absolute Gasteiger partial charge is 0.337 e. The Kier molecular flexibility index (Phi) is 5.62. The lowest BCUT2D eigenvalue weighted by Crippen LogP contribution is -2.09. The first-order valence-corrected chi connectivity index (χ1v) is 11.1. The average molecular weight is 416 g/mol. The minimum absolute atomic E-state index is 0.0368. The van der Waals surface area contributed by atoms with Gasteiger partial charge in [0.15, 0.2) is 0 Å². The van der Waals surface area contributed by atoms with E-state index < -0.39 is 26.6 Å². The van der Waals surface area contributed by atoms with Crippen LogP contribution < -0.4 is 4.74 Å². The first kappa shape index (κ1) is 19.8. The van der Waals surface area contributed by atoms with E-state index in [2.05, 4.69) is 0 Å². The molecule has 0 amide bonds. The number of ether oxygens (including phenoxy) is 1. The van der Waals surface area contributed by atoms with Crippen molar-refractivity contribution >= 4 is 26.6 Å². The molecule has 0 saturated carbocycles. The van der Waals surface area contributed by atoms with Gasteiger partial charge in [0.2, 0.25) is 9.84 Å². The predicted molar refractivity (Wildman–Crippen MR) is 104 cm³/mol. The van der Waals surface area contributed by atoms with Gasteiger partial charge >= 0.3 is 5.97 Å². The Balaban J connectivity index is 1.86. The van der Waals surface area contributed by atoms with Crippen molar-refractivity contribution in [2.45, 2.75) is 14.7 Å². The highest BCUT2D eigenvalue weighted by Crippen LogP contribution is 2.28. The van der Waals surface area contributed by atoms with Crippen LogP contribution in [0.4, 0.5) is 0 Å². The lowest BCUT2D eigenvalue weighted by atomic mass is 10.2. The van der Waals surface area contributed by atoms with Crippen molar-refractivity contribution < 1.29 is 27.3 Å². The molecule has 3 rings (SSSR count). The molecule has 0 spiro atoms. The van der Waals surface area contributed by atoms with Crippen LogP contribution in [0.15, 0.2) is 87.5 Å². The standard InChI is InChI=1S/C20H16O6S2/c1-27(23)16-10-6-14(7-11-16)26-15-8-12-17(13-9-15)28(24,25)19-5-3-2-4-18(19)20(21)22/h2-13H,1H3,(H,21,22). The molecule has 0 fully saturated rings. The summed E-state index contributed by atoms with van der Waals surface area (Å²) in [6, 6.07) is 17.9. The molecule has 0 bridgehead atoms. The van der Waals surface area contributed by atoms with Gasteiger partial charge in [-0.1, -0.05) is 12.1 Å². The number of aromatic carboxylic acids is 1. The molecule has 3 aromatic rings. The highest BCUT2D eigenvalue weighted by molar-refractivity contribution is 7.91. The zero-order chi connectivity index (χ0) is 20.3. The van der Waals surface area contributed by atoms with Gasteiger partial charge in [-0.3, -0.25) is 4.21 Å². The summed E-state index contributed by atoms with van der Waals surface area (Å²) in [5.41, 5.74) is -0.281. The molecule has 1 atom stereocenters. The summed E-state index contributed by atoms with van der Waals surface area (Å²) < 4.78 is 42.7. The Morgan fingerprint density at radius 2 is 1.43 bits per heavy atom. The van der Waals surface area contributed by atoms with Crippen LogP contribution in [0.5, 0.6) is 11.5 Å². The maximum atomic E-state index is 12.8. The average Bonchev–Trinajstić information content (AvgIpc) is 2.69. The lowest BCUT2D eigenvalue weighted by Gasteiger charge is -2.10. The minimum Gasteiger partial charge on any atom is -0.478 e. The Labute approximate surface area is 164 Å². The quantitative estimate of drug-likeness (QED) is 0.657. The fourth-order valence-electron chi connectivity index (χ4n) is 2.53. The second-order valence-corrected chi connectivity index (χ2v) is 9.10. The predicted octanol–water partition coefficient (Wildman–Crippen LogP) is 3.75. The molecule has 0 aromatic heterocycles. The summed E-state index contributed by atoms with van der Waals surface area (Å²) in [4.78, 5) is 11.7. The Hall–Kier alpha value is -2.97. The highest BCUT2D eigenvalue weighted by Gasteiger charge is 2.23. The third-order valence-corrected chi connectivity index (χ3v) is 6.70. The van der Waals surface area contributed by atoms with E-state index in [1.165, 1.54) is 48.5 Å². The van der Waals surface area contributed by atoms with Crippen molar-refractivity contribution in [1.82, 2.24) is 0 Å². The zero-order valence-electron chi connectivity index (χ0n) is 14.7. The lowest BCUT2D eigenvalue weighted by molar-refractivity contribution is 0.0692. The number of hydrogen-bond donors (Lipinski definition) is 1. The fraction of sp³-hybridized carbons (Fsp3) is 0.0500. The Bertz CT molecular complexity index is 1130. The summed E-state index contributed by atoms with van der Waals surface area (Å²) >= 11 is 0. The van der Waals surface area contributed by atoms with E-state index in [1.54, 1.807) is 30.5 Å². The van der Waals surface area contributed by atoms with Crippen molar-refractivity contribution in [3.05, 3.63) is 78.4 Å². The van der Waals surface area contributed by atoms with E-state index in [0.717, 1.165) is 0 Å². The van der Waals surface area contributed by atoms with Crippen molar-refractivity contribution in [1.29, 1.82) is 0 Å². The topological polar surface area (TPSA) is 97.7 Å². The van der Waals surface area contributed by atoms with Crippen LogP contribution in [0.3, 0.4) is 0 Å². The maximum absolute atomic E-state index is 12.8. The first-order valence-electron chi connectivity index (χ1n) is 8.08. The van der Waals surface area contributed by atoms with Crippen LogP contribution in [0.1, 0.15) is 10.4 Å². The van der Waals surface area contributed by atoms with Crippen LogP contribution in [0.25, 0.3) is 0 Å². The van der Waals surface area contributed by atoms with Crippen LogP contribution >= 0.6 is 0 Å². The molecule has 0 aliphatic rings. The number of carbonyl (C=O) groups is 1. The number of rotatable bonds is 6. The summed E-state index contributed by atoms with van der Waals surface area (Å²) in [5, 5.41) is 9.23. The molecule has 28 heavy (non-hydrogen) atoms. The van der Waals surface area contributed by atoms with Gasteiger partial charge < -0.3 is 9.84 Å². The number of sulfone groups is 1. The molecule has 8 heteroatoms. The van der Waals surface area contributed by atoms with Gasteiger partial charge in [0, 0.05) is 22.0 Å². The van der Waals surface area contributed by atoms with E-state index in [-0.39, 0.29) is 15.4 Å². The van der Waals surface area contributed by atoms with E-state index in [1.807, 2.05) is 0 Å². The van der Waals surface area contributed by atoms with E-state index in [0.29, 0.717) is 16.4 Å². The number of carboxylic acids is 1. The van der Waals surface area contributed by atoms with Gasteiger partial charge in [0.1, 0.15) is 11.5 Å². The van der Waals surface area contributed by atoms with E-state index >= 15 is 0 Å². The SMILES string of the molecule is CS(=O)c1ccc(Oc2ccc(S(=O)(=O)c3ccccc3C(=O)O)cc2)cc1. The third kappa shape index (κ3) is 4.13.